The number of carboxylic acid groups (broad SMARTS) is 1. The van der Waals surface area contributed by atoms with Gasteiger partial charge in [0, 0.05) is 23.8 Å². The van der Waals surface area contributed by atoms with Crippen molar-refractivity contribution in [3.63, 3.8) is 0 Å². The van der Waals surface area contributed by atoms with Crippen molar-refractivity contribution in [1.29, 1.82) is 0 Å². The van der Waals surface area contributed by atoms with E-state index in [1.165, 1.54) is 0 Å². The molecule has 2 bridgehead atoms. The minimum absolute atomic E-state index is 0.0289. The van der Waals surface area contributed by atoms with Gasteiger partial charge in [-0.1, -0.05) is 36.4 Å². The average Bonchev–Trinajstić information content (AvgIpc) is 3.40. The molecule has 1 N–H and O–H groups in total. The lowest BCUT2D eigenvalue weighted by molar-refractivity contribution is -0.148. The van der Waals surface area contributed by atoms with Crippen LogP contribution in [0, 0.1) is 5.41 Å². The Bertz CT molecular complexity index is 1040. The Morgan fingerprint density at radius 2 is 1.52 bits per heavy atom. The molecule has 29 heavy (non-hydrogen) atoms. The summed E-state index contributed by atoms with van der Waals surface area (Å²) in [5.41, 5.74) is 4.58. The number of nitrogens with zero attached hydrogens (tertiary/aromatic N) is 1. The zero-order valence-corrected chi connectivity index (χ0v) is 16.7. The van der Waals surface area contributed by atoms with Crippen LogP contribution in [0.25, 0.3) is 11.2 Å². The summed E-state index contributed by atoms with van der Waals surface area (Å²) in [5.74, 6) is -0.707. The number of fused-ring (bicyclic) bond motifs is 3. The number of benzene rings is 3. The van der Waals surface area contributed by atoms with Crippen molar-refractivity contribution >= 4 is 28.5 Å². The van der Waals surface area contributed by atoms with Gasteiger partial charge < -0.3 is 14.4 Å². The molecular formula is C25H25NO3. The maximum absolute atomic E-state index is 11.7. The quantitative estimate of drug-likeness (QED) is 0.449. The summed E-state index contributed by atoms with van der Waals surface area (Å²) in [4.78, 5) is 13.9. The van der Waals surface area contributed by atoms with Gasteiger partial charge in [0.1, 0.15) is 11.2 Å². The van der Waals surface area contributed by atoms with Crippen LogP contribution in [0.5, 0.6) is 0 Å². The van der Waals surface area contributed by atoms with Gasteiger partial charge in [0.2, 0.25) is 0 Å². The van der Waals surface area contributed by atoms with E-state index in [0.29, 0.717) is 0 Å². The molecule has 1 atom stereocenters. The van der Waals surface area contributed by atoms with Crippen molar-refractivity contribution in [1.82, 2.24) is 0 Å². The van der Waals surface area contributed by atoms with E-state index in [4.69, 9.17) is 4.42 Å². The van der Waals surface area contributed by atoms with Crippen LogP contribution in [-0.2, 0) is 4.79 Å². The molecule has 4 heteroatoms. The molecule has 2 aromatic carbocycles. The summed E-state index contributed by atoms with van der Waals surface area (Å²) < 4.78 is 5.08. The first-order valence-electron chi connectivity index (χ1n) is 9.89. The third-order valence-electron chi connectivity index (χ3n) is 5.79. The third-order valence-corrected chi connectivity index (χ3v) is 5.79. The van der Waals surface area contributed by atoms with Crippen LogP contribution in [0.4, 0.5) is 11.4 Å². The smallest absolute Gasteiger partial charge is 0.309 e. The van der Waals surface area contributed by atoms with Gasteiger partial charge in [-0.15, -0.1) is 0 Å². The lowest BCUT2D eigenvalue weighted by atomic mass is 9.71. The Morgan fingerprint density at radius 1 is 0.931 bits per heavy atom. The number of hydrogen-bond acceptors (Lipinski definition) is 3. The first-order valence-corrected chi connectivity index (χ1v) is 9.89. The number of furan rings is 2. The fraction of sp³-hybridized carbons (Fsp3) is 0.240. The largest absolute Gasteiger partial charge is 0.481 e. The molecule has 0 aliphatic carbocycles. The van der Waals surface area contributed by atoms with Crippen molar-refractivity contribution in [2.75, 3.05) is 11.4 Å². The molecule has 1 aliphatic rings. The van der Waals surface area contributed by atoms with E-state index < -0.39 is 11.4 Å². The highest BCUT2D eigenvalue weighted by Gasteiger charge is 2.41. The second kappa shape index (κ2) is 7.63. The molecule has 0 amide bonds. The molecule has 148 valence electrons. The fourth-order valence-corrected chi connectivity index (χ4v) is 4.05. The van der Waals surface area contributed by atoms with Crippen LogP contribution in [0.1, 0.15) is 31.7 Å². The average molecular weight is 387 g/mol. The molecule has 1 unspecified atom stereocenters. The summed E-state index contributed by atoms with van der Waals surface area (Å²) in [5, 5.41) is 9.59. The molecule has 0 spiro atoms. The van der Waals surface area contributed by atoms with Gasteiger partial charge >= 0.3 is 5.97 Å². The van der Waals surface area contributed by atoms with Crippen molar-refractivity contribution in [2.24, 2.45) is 5.41 Å². The minimum atomic E-state index is -0.765. The number of carboxylic acids is 1. The Labute approximate surface area is 170 Å². The van der Waals surface area contributed by atoms with E-state index >= 15 is 0 Å². The van der Waals surface area contributed by atoms with E-state index in [1.54, 1.807) is 0 Å². The van der Waals surface area contributed by atoms with Crippen molar-refractivity contribution < 1.29 is 14.3 Å². The van der Waals surface area contributed by atoms with Crippen LogP contribution in [0.3, 0.4) is 0 Å². The van der Waals surface area contributed by atoms with Gasteiger partial charge in [0.05, 0.1) is 5.41 Å². The zero-order chi connectivity index (χ0) is 20.4. The Kier molecular flexibility index (Phi) is 5.01. The maximum atomic E-state index is 11.7. The number of rotatable bonds is 3. The van der Waals surface area contributed by atoms with Gasteiger partial charge in [0.25, 0.3) is 0 Å². The standard InChI is InChI=1S/C19H21NO2.C6H4O/c1-19(2,18(21)22)16-12-13-20(14-8-4-3-5-9-14)17-11-7-6-10-15(16)17;1-2-6-4-3-5(1)7-6/h3-11,16H,12-13H2,1-2H3,(H,21,22);1-4H. The first-order chi connectivity index (χ1) is 14.0. The van der Waals surface area contributed by atoms with Crippen LogP contribution in [-0.4, -0.2) is 17.6 Å². The number of anilines is 2. The number of carbonyl (C=O) groups is 1. The molecule has 0 saturated carbocycles. The van der Waals surface area contributed by atoms with Crippen LogP contribution in [0.2, 0.25) is 0 Å². The second-order valence-corrected chi connectivity index (χ2v) is 7.99. The zero-order valence-electron chi connectivity index (χ0n) is 16.7. The molecule has 0 saturated heterocycles. The molecule has 4 aromatic rings. The summed E-state index contributed by atoms with van der Waals surface area (Å²) in [6.45, 7) is 4.49. The summed E-state index contributed by atoms with van der Waals surface area (Å²) in [6, 6.07) is 26.3. The lowest BCUT2D eigenvalue weighted by Gasteiger charge is -2.40. The summed E-state index contributed by atoms with van der Waals surface area (Å²) in [7, 11) is 0. The molecular weight excluding hydrogens is 362 g/mol. The Hall–Kier alpha value is -3.27. The van der Waals surface area contributed by atoms with E-state index in [2.05, 4.69) is 29.2 Å². The van der Waals surface area contributed by atoms with Gasteiger partial charge in [-0.2, -0.15) is 0 Å². The molecule has 3 heterocycles. The topological polar surface area (TPSA) is 53.7 Å². The second-order valence-electron chi connectivity index (χ2n) is 7.99. The summed E-state index contributed by atoms with van der Waals surface area (Å²) >= 11 is 0. The monoisotopic (exact) mass is 387 g/mol. The predicted molar refractivity (Wildman–Crippen MR) is 116 cm³/mol. The molecule has 2 aromatic heterocycles. The minimum Gasteiger partial charge on any atom is -0.481 e. The maximum Gasteiger partial charge on any atom is 0.309 e. The highest BCUT2D eigenvalue weighted by molar-refractivity contribution is 5.77. The van der Waals surface area contributed by atoms with Crippen molar-refractivity contribution in [3.05, 3.63) is 84.4 Å². The molecule has 0 radical (unpaired) electrons. The molecule has 4 nitrogen and oxygen atoms in total. The fourth-order valence-electron chi connectivity index (χ4n) is 4.05. The van der Waals surface area contributed by atoms with Crippen molar-refractivity contribution in [2.45, 2.75) is 26.2 Å². The number of hydrogen-bond donors (Lipinski definition) is 1. The molecule has 0 fully saturated rings. The molecule has 5 rings (SSSR count). The first kappa shape index (κ1) is 19.1. The highest BCUT2D eigenvalue weighted by Crippen LogP contribution is 2.47. The SMILES string of the molecule is CC(C)(C(=O)O)C1CCN(c2ccccc2)c2ccccc21.c1cc2ccc1o2. The van der Waals surface area contributed by atoms with Gasteiger partial charge in [-0.3, -0.25) is 4.79 Å². The number of para-hydroxylation sites is 2. The van der Waals surface area contributed by atoms with E-state index in [-0.39, 0.29) is 5.92 Å². The normalized spacial score (nSPS) is 16.2. The van der Waals surface area contributed by atoms with Crippen LogP contribution >= 0.6 is 0 Å². The Balaban J connectivity index is 0.000000243. The third kappa shape index (κ3) is 3.70. The van der Waals surface area contributed by atoms with Crippen LogP contribution in [0.15, 0.2) is 83.3 Å². The van der Waals surface area contributed by atoms with Gasteiger partial charge in [0.15, 0.2) is 0 Å². The predicted octanol–water partition coefficient (Wildman–Crippen LogP) is 6.29. The van der Waals surface area contributed by atoms with E-state index in [1.807, 2.05) is 68.4 Å². The highest BCUT2D eigenvalue weighted by atomic mass is 16.4. The van der Waals surface area contributed by atoms with Crippen molar-refractivity contribution in [3.8, 4) is 0 Å². The molecule has 1 aliphatic heterocycles. The lowest BCUT2D eigenvalue weighted by Crippen LogP contribution is -2.37. The van der Waals surface area contributed by atoms with E-state index in [0.717, 1.165) is 41.1 Å². The Morgan fingerprint density at radius 3 is 2.07 bits per heavy atom. The van der Waals surface area contributed by atoms with Gasteiger partial charge in [-0.05, 0) is 68.3 Å². The number of aliphatic carboxylic acids is 1. The van der Waals surface area contributed by atoms with E-state index in [9.17, 15) is 9.90 Å². The van der Waals surface area contributed by atoms with Crippen LogP contribution < -0.4 is 4.90 Å². The van der Waals surface area contributed by atoms with Gasteiger partial charge in [-0.25, -0.2) is 0 Å². The summed E-state index contributed by atoms with van der Waals surface area (Å²) in [6.07, 6.45) is 0.838.